The normalized spacial score (nSPS) is 19.6. The fourth-order valence-electron chi connectivity index (χ4n) is 2.29. The highest BCUT2D eigenvalue weighted by Gasteiger charge is 2.40. The molecule has 7 nitrogen and oxygen atoms in total. The molecule has 0 aliphatic carbocycles. The van der Waals surface area contributed by atoms with Gasteiger partial charge in [0.05, 0.1) is 18.4 Å². The molecular weight excluding hydrogens is 342 g/mol. The molecule has 0 spiro atoms. The zero-order chi connectivity index (χ0) is 17.8. The first kappa shape index (κ1) is 17.0. The van der Waals surface area contributed by atoms with Crippen molar-refractivity contribution in [2.75, 3.05) is 4.90 Å². The zero-order valence-electron chi connectivity index (χ0n) is 13.3. The largest absolute Gasteiger partial charge is 0.481 e. The van der Waals surface area contributed by atoms with Gasteiger partial charge in [-0.3, -0.25) is 14.5 Å². The lowest BCUT2D eigenvalue weighted by Gasteiger charge is -2.15. The van der Waals surface area contributed by atoms with Crippen LogP contribution in [0.3, 0.4) is 0 Å². The number of carbonyl (C=O) groups excluding carboxylic acids is 1. The molecule has 1 saturated heterocycles. The third-order valence-corrected chi connectivity index (χ3v) is 4.60. The number of benzene rings is 1. The minimum atomic E-state index is -1.03. The molecule has 0 saturated carbocycles. The summed E-state index contributed by atoms with van der Waals surface area (Å²) in [4.78, 5) is 25.0. The number of anilines is 1. The Hall–Kier alpha value is -2.87. The molecule has 1 unspecified atom stereocenters. The van der Waals surface area contributed by atoms with Gasteiger partial charge in [-0.1, -0.05) is 30.0 Å². The molecule has 1 aliphatic heterocycles. The van der Waals surface area contributed by atoms with Crippen LogP contribution in [0.25, 0.3) is 0 Å². The van der Waals surface area contributed by atoms with E-state index in [1.807, 2.05) is 6.07 Å². The Kier molecular flexibility index (Phi) is 4.99. The summed E-state index contributed by atoms with van der Waals surface area (Å²) in [5.74, 6) is -0.773. The van der Waals surface area contributed by atoms with Crippen LogP contribution >= 0.6 is 11.8 Å². The molecule has 8 heteroatoms. The lowest BCUT2D eigenvalue weighted by Crippen LogP contribution is -2.32. The number of carboxylic acids is 1. The standard InChI is InChI=1S/C17H15N3O4S/c1-11(13-8-5-9-24-13)18-19-17-20(12-6-3-2-4-7-12)16(23)14(25-17)10-15(21)22/h2-9,14H,10H2,1H3,(H,21,22)/b18-11-,19-17+. The number of nitrogens with zero attached hydrogens (tertiary/aromatic N) is 3. The third-order valence-electron chi connectivity index (χ3n) is 3.47. The van der Waals surface area contributed by atoms with Gasteiger partial charge in [-0.2, -0.15) is 0 Å². The average Bonchev–Trinajstić information content (AvgIpc) is 3.22. The number of amides is 1. The first-order valence-corrected chi connectivity index (χ1v) is 8.38. The number of hydrogen-bond acceptors (Lipinski definition) is 6. The van der Waals surface area contributed by atoms with Crippen molar-refractivity contribution >= 4 is 40.2 Å². The summed E-state index contributed by atoms with van der Waals surface area (Å²) >= 11 is 1.10. The van der Waals surface area contributed by atoms with E-state index in [2.05, 4.69) is 10.2 Å². The summed E-state index contributed by atoms with van der Waals surface area (Å²) in [5.41, 5.74) is 1.18. The summed E-state index contributed by atoms with van der Waals surface area (Å²) in [6.45, 7) is 1.74. The molecule has 1 amide bonds. The predicted molar refractivity (Wildman–Crippen MR) is 95.9 cm³/mol. The second kappa shape index (κ2) is 7.35. The van der Waals surface area contributed by atoms with Crippen LogP contribution in [0.4, 0.5) is 5.69 Å². The average molecular weight is 357 g/mol. The maximum atomic E-state index is 12.6. The number of para-hydroxylation sites is 1. The van der Waals surface area contributed by atoms with Crippen LogP contribution in [0, 0.1) is 0 Å². The number of furan rings is 1. The van der Waals surface area contributed by atoms with Crippen LogP contribution in [0.15, 0.2) is 63.3 Å². The monoisotopic (exact) mass is 357 g/mol. The Morgan fingerprint density at radius 2 is 2.04 bits per heavy atom. The van der Waals surface area contributed by atoms with Gasteiger partial charge in [-0.25, -0.2) is 0 Å². The van der Waals surface area contributed by atoms with Crippen molar-refractivity contribution in [1.29, 1.82) is 0 Å². The van der Waals surface area contributed by atoms with Crippen molar-refractivity contribution in [3.8, 4) is 0 Å². The fraction of sp³-hybridized carbons (Fsp3) is 0.176. The van der Waals surface area contributed by atoms with E-state index in [0.717, 1.165) is 11.8 Å². The van der Waals surface area contributed by atoms with Crippen LogP contribution in [0.1, 0.15) is 19.1 Å². The molecule has 1 aliphatic rings. The van der Waals surface area contributed by atoms with Gasteiger partial charge in [-0.05, 0) is 31.2 Å². The summed E-state index contributed by atoms with van der Waals surface area (Å²) in [6, 6.07) is 12.5. The van der Waals surface area contributed by atoms with Gasteiger partial charge in [0.25, 0.3) is 0 Å². The lowest BCUT2D eigenvalue weighted by atomic mass is 10.2. The number of thioether (sulfide) groups is 1. The van der Waals surface area contributed by atoms with Crippen molar-refractivity contribution in [2.45, 2.75) is 18.6 Å². The van der Waals surface area contributed by atoms with E-state index in [9.17, 15) is 9.59 Å². The molecule has 2 heterocycles. The van der Waals surface area contributed by atoms with Gasteiger partial charge in [0.2, 0.25) is 5.91 Å². The van der Waals surface area contributed by atoms with E-state index in [-0.39, 0.29) is 12.3 Å². The van der Waals surface area contributed by atoms with E-state index in [0.29, 0.717) is 22.3 Å². The van der Waals surface area contributed by atoms with E-state index in [1.54, 1.807) is 43.3 Å². The van der Waals surface area contributed by atoms with Crippen LogP contribution in [0.2, 0.25) is 0 Å². The van der Waals surface area contributed by atoms with Gasteiger partial charge >= 0.3 is 5.97 Å². The van der Waals surface area contributed by atoms with Gasteiger partial charge in [0, 0.05) is 0 Å². The molecule has 128 valence electrons. The smallest absolute Gasteiger partial charge is 0.305 e. The van der Waals surface area contributed by atoms with E-state index >= 15 is 0 Å². The number of hydrogen-bond donors (Lipinski definition) is 1. The summed E-state index contributed by atoms with van der Waals surface area (Å²) < 4.78 is 5.25. The van der Waals surface area contributed by atoms with Gasteiger partial charge in [-0.15, -0.1) is 10.2 Å². The molecule has 1 atom stereocenters. The second-order valence-corrected chi connectivity index (χ2v) is 6.43. The SMILES string of the molecule is C/C(=N/N=C1/SC(CC(=O)O)C(=O)N1c1ccccc1)c1ccco1. The van der Waals surface area contributed by atoms with Crippen LogP contribution in [-0.2, 0) is 9.59 Å². The number of amidine groups is 1. The molecule has 1 N–H and O–H groups in total. The number of carbonyl (C=O) groups is 2. The second-order valence-electron chi connectivity index (χ2n) is 5.26. The van der Waals surface area contributed by atoms with E-state index in [1.165, 1.54) is 11.2 Å². The lowest BCUT2D eigenvalue weighted by molar-refractivity contribution is -0.138. The van der Waals surface area contributed by atoms with E-state index < -0.39 is 11.2 Å². The quantitative estimate of drug-likeness (QED) is 0.655. The number of carboxylic acid groups (broad SMARTS) is 1. The first-order chi connectivity index (χ1) is 12.1. The highest BCUT2D eigenvalue weighted by molar-refractivity contribution is 8.16. The Morgan fingerprint density at radius 3 is 2.68 bits per heavy atom. The predicted octanol–water partition coefficient (Wildman–Crippen LogP) is 2.98. The fourth-order valence-corrected chi connectivity index (χ4v) is 3.37. The van der Waals surface area contributed by atoms with Gasteiger partial charge in [0.15, 0.2) is 5.17 Å². The van der Waals surface area contributed by atoms with E-state index in [4.69, 9.17) is 9.52 Å². The maximum absolute atomic E-state index is 12.6. The maximum Gasteiger partial charge on any atom is 0.305 e. The zero-order valence-corrected chi connectivity index (χ0v) is 14.1. The van der Waals surface area contributed by atoms with Gasteiger partial charge < -0.3 is 9.52 Å². The molecule has 1 aromatic heterocycles. The summed E-state index contributed by atoms with van der Waals surface area (Å²) in [5, 5.41) is 16.9. The molecule has 1 aromatic carbocycles. The van der Waals surface area contributed by atoms with Crippen LogP contribution in [0.5, 0.6) is 0 Å². The highest BCUT2D eigenvalue weighted by atomic mass is 32.2. The third kappa shape index (κ3) is 3.80. The number of rotatable bonds is 5. The minimum Gasteiger partial charge on any atom is -0.481 e. The Labute approximate surface area is 148 Å². The molecule has 1 fully saturated rings. The minimum absolute atomic E-state index is 0.271. The molecule has 25 heavy (non-hydrogen) atoms. The van der Waals surface area contributed by atoms with Crippen molar-refractivity contribution in [1.82, 2.24) is 0 Å². The van der Waals surface area contributed by atoms with Crippen molar-refractivity contribution in [2.24, 2.45) is 10.2 Å². The molecule has 0 radical (unpaired) electrons. The Bertz CT molecular complexity index is 831. The molecular formula is C17H15N3O4S. The van der Waals surface area contributed by atoms with Crippen LogP contribution in [-0.4, -0.2) is 33.1 Å². The highest BCUT2D eigenvalue weighted by Crippen LogP contribution is 2.33. The van der Waals surface area contributed by atoms with Crippen molar-refractivity contribution < 1.29 is 19.1 Å². The summed E-state index contributed by atoms with van der Waals surface area (Å²) in [6.07, 6.45) is 1.27. The summed E-state index contributed by atoms with van der Waals surface area (Å²) in [7, 11) is 0. The van der Waals surface area contributed by atoms with Gasteiger partial charge in [0.1, 0.15) is 16.7 Å². The molecule has 2 aromatic rings. The van der Waals surface area contributed by atoms with Crippen molar-refractivity contribution in [3.63, 3.8) is 0 Å². The molecule has 0 bridgehead atoms. The Morgan fingerprint density at radius 1 is 1.28 bits per heavy atom. The van der Waals surface area contributed by atoms with Crippen molar-refractivity contribution in [3.05, 3.63) is 54.5 Å². The van der Waals surface area contributed by atoms with Crippen LogP contribution < -0.4 is 4.90 Å². The Balaban J connectivity index is 1.94. The first-order valence-electron chi connectivity index (χ1n) is 7.50. The topological polar surface area (TPSA) is 95.5 Å². The number of aliphatic carboxylic acids is 1. The molecule has 3 rings (SSSR count).